The monoisotopic (exact) mass is 238 g/mol. The Bertz CT molecular complexity index is 481. The van der Waals surface area contributed by atoms with Gasteiger partial charge in [-0.15, -0.1) is 0 Å². The van der Waals surface area contributed by atoms with E-state index in [-0.39, 0.29) is 0 Å². The Labute approximate surface area is 99.6 Å². The predicted molar refractivity (Wildman–Crippen MR) is 65.7 cm³/mol. The van der Waals surface area contributed by atoms with Crippen LogP contribution in [0.5, 0.6) is 0 Å². The Balaban J connectivity index is 2.25. The Morgan fingerprint density at radius 2 is 2.31 bits per heavy atom. The van der Waals surface area contributed by atoms with E-state index >= 15 is 0 Å². The minimum atomic E-state index is 0.301. The van der Waals surface area contributed by atoms with Crippen LogP contribution in [0, 0.1) is 0 Å². The molecule has 2 aromatic rings. The second kappa shape index (κ2) is 4.85. The van der Waals surface area contributed by atoms with Crippen molar-refractivity contribution in [3.05, 3.63) is 29.1 Å². The van der Waals surface area contributed by atoms with E-state index in [0.717, 1.165) is 29.8 Å². The number of benzene rings is 1. The summed E-state index contributed by atoms with van der Waals surface area (Å²) in [6.07, 6.45) is 1.98. The average Bonchev–Trinajstić information content (AvgIpc) is 2.68. The Morgan fingerprint density at radius 3 is 3.06 bits per heavy atom. The van der Waals surface area contributed by atoms with Gasteiger partial charge in [0.2, 0.25) is 0 Å². The van der Waals surface area contributed by atoms with Crippen LogP contribution in [0.2, 0.25) is 5.02 Å². The highest BCUT2D eigenvalue weighted by atomic mass is 35.5. The first kappa shape index (κ1) is 11.4. The molecule has 2 rings (SSSR count). The Morgan fingerprint density at radius 1 is 1.50 bits per heavy atom. The lowest BCUT2D eigenvalue weighted by Crippen LogP contribution is -2.02. The van der Waals surface area contributed by atoms with Crippen LogP contribution in [0.4, 0.5) is 0 Å². The molecule has 1 aromatic heterocycles. The van der Waals surface area contributed by atoms with E-state index in [0.29, 0.717) is 17.5 Å². The zero-order valence-electron chi connectivity index (χ0n) is 9.24. The van der Waals surface area contributed by atoms with Gasteiger partial charge >= 0.3 is 0 Å². The van der Waals surface area contributed by atoms with Crippen molar-refractivity contribution in [1.82, 2.24) is 4.98 Å². The van der Waals surface area contributed by atoms with Gasteiger partial charge in [-0.25, -0.2) is 4.98 Å². The molecule has 0 aliphatic rings. The molecule has 4 heteroatoms. The van der Waals surface area contributed by atoms with Crippen molar-refractivity contribution >= 4 is 22.7 Å². The van der Waals surface area contributed by atoms with Crippen molar-refractivity contribution in [3.63, 3.8) is 0 Å². The molecule has 0 bridgehead atoms. The van der Waals surface area contributed by atoms with Crippen molar-refractivity contribution in [1.29, 1.82) is 0 Å². The van der Waals surface area contributed by atoms with Gasteiger partial charge in [-0.05, 0) is 37.6 Å². The topological polar surface area (TPSA) is 52.0 Å². The molecular formula is C12H15ClN2O. The van der Waals surface area contributed by atoms with Crippen LogP contribution in [0.1, 0.15) is 31.6 Å². The molecule has 86 valence electrons. The third-order valence-electron chi connectivity index (χ3n) is 2.63. The van der Waals surface area contributed by atoms with Gasteiger partial charge in [0.1, 0.15) is 5.52 Å². The molecule has 16 heavy (non-hydrogen) atoms. The first-order valence-corrected chi connectivity index (χ1v) is 5.84. The van der Waals surface area contributed by atoms with Gasteiger partial charge in [-0.2, -0.15) is 0 Å². The molecular weight excluding hydrogens is 224 g/mol. The van der Waals surface area contributed by atoms with Crippen LogP contribution in [0.25, 0.3) is 11.1 Å². The summed E-state index contributed by atoms with van der Waals surface area (Å²) in [6, 6.07) is 5.48. The molecule has 1 atom stereocenters. The summed E-state index contributed by atoms with van der Waals surface area (Å²) in [5.74, 6) is 1.07. The highest BCUT2D eigenvalue weighted by molar-refractivity contribution is 6.31. The Hall–Kier alpha value is -1.06. The van der Waals surface area contributed by atoms with Gasteiger partial charge in [-0.1, -0.05) is 18.5 Å². The quantitative estimate of drug-likeness (QED) is 0.889. The molecule has 0 spiro atoms. The fourth-order valence-electron chi connectivity index (χ4n) is 1.68. The number of oxazole rings is 1. The number of aromatic nitrogens is 1. The predicted octanol–water partition coefficient (Wildman–Crippen LogP) is 3.32. The standard InChI is InChI=1S/C12H15ClN2O/c1-8(3-2-6-14)12-15-10-7-9(13)4-5-11(10)16-12/h4-5,7-8H,2-3,6,14H2,1H3. The number of hydrogen-bond donors (Lipinski definition) is 1. The van der Waals surface area contributed by atoms with E-state index in [9.17, 15) is 0 Å². The maximum absolute atomic E-state index is 5.89. The molecule has 0 aliphatic carbocycles. The highest BCUT2D eigenvalue weighted by Crippen LogP contribution is 2.25. The second-order valence-electron chi connectivity index (χ2n) is 4.00. The molecule has 1 aromatic carbocycles. The minimum absolute atomic E-state index is 0.301. The SMILES string of the molecule is CC(CCCN)c1nc2cc(Cl)ccc2o1. The largest absolute Gasteiger partial charge is 0.440 e. The van der Waals surface area contributed by atoms with Crippen LogP contribution in [-0.2, 0) is 0 Å². The second-order valence-corrected chi connectivity index (χ2v) is 4.43. The van der Waals surface area contributed by atoms with Crippen molar-refractivity contribution < 1.29 is 4.42 Å². The van der Waals surface area contributed by atoms with Crippen LogP contribution in [0.15, 0.2) is 22.6 Å². The van der Waals surface area contributed by atoms with Crippen LogP contribution >= 0.6 is 11.6 Å². The van der Waals surface area contributed by atoms with E-state index in [2.05, 4.69) is 11.9 Å². The van der Waals surface area contributed by atoms with E-state index in [4.69, 9.17) is 21.8 Å². The normalized spacial score (nSPS) is 13.2. The molecule has 0 radical (unpaired) electrons. The van der Waals surface area contributed by atoms with Gasteiger partial charge in [0.15, 0.2) is 11.5 Å². The molecule has 3 nitrogen and oxygen atoms in total. The van der Waals surface area contributed by atoms with Crippen molar-refractivity contribution in [2.24, 2.45) is 5.73 Å². The fourth-order valence-corrected chi connectivity index (χ4v) is 1.84. The molecule has 0 aliphatic heterocycles. The summed E-state index contributed by atoms with van der Waals surface area (Å²) in [5.41, 5.74) is 7.09. The van der Waals surface area contributed by atoms with Crippen LogP contribution < -0.4 is 5.73 Å². The zero-order valence-corrected chi connectivity index (χ0v) is 10.00. The summed E-state index contributed by atoms with van der Waals surface area (Å²) in [4.78, 5) is 4.43. The summed E-state index contributed by atoms with van der Waals surface area (Å²) in [6.45, 7) is 2.80. The maximum Gasteiger partial charge on any atom is 0.198 e. The minimum Gasteiger partial charge on any atom is -0.440 e. The fraction of sp³-hybridized carbons (Fsp3) is 0.417. The first-order chi connectivity index (χ1) is 7.70. The lowest BCUT2D eigenvalue weighted by atomic mass is 10.1. The molecule has 0 saturated carbocycles. The molecule has 0 amide bonds. The third-order valence-corrected chi connectivity index (χ3v) is 2.86. The summed E-state index contributed by atoms with van der Waals surface area (Å²) < 4.78 is 5.67. The van der Waals surface area contributed by atoms with E-state index < -0.39 is 0 Å². The van der Waals surface area contributed by atoms with Gasteiger partial charge in [0.25, 0.3) is 0 Å². The van der Waals surface area contributed by atoms with Gasteiger partial charge in [0.05, 0.1) is 0 Å². The van der Waals surface area contributed by atoms with E-state index in [1.165, 1.54) is 0 Å². The summed E-state index contributed by atoms with van der Waals surface area (Å²) >= 11 is 5.89. The molecule has 0 saturated heterocycles. The smallest absolute Gasteiger partial charge is 0.198 e. The van der Waals surface area contributed by atoms with Gasteiger partial charge in [-0.3, -0.25) is 0 Å². The lowest BCUT2D eigenvalue weighted by molar-refractivity contribution is 0.464. The van der Waals surface area contributed by atoms with Crippen molar-refractivity contribution in [2.75, 3.05) is 6.54 Å². The zero-order chi connectivity index (χ0) is 11.5. The number of nitrogens with two attached hydrogens (primary N) is 1. The molecule has 1 unspecified atom stereocenters. The summed E-state index contributed by atoms with van der Waals surface area (Å²) in [7, 11) is 0. The molecule has 2 N–H and O–H groups in total. The number of fused-ring (bicyclic) bond motifs is 1. The number of nitrogens with zero attached hydrogens (tertiary/aromatic N) is 1. The maximum atomic E-state index is 5.89. The highest BCUT2D eigenvalue weighted by Gasteiger charge is 2.13. The van der Waals surface area contributed by atoms with E-state index in [1.54, 1.807) is 0 Å². The lowest BCUT2D eigenvalue weighted by Gasteiger charge is -2.04. The third kappa shape index (κ3) is 2.36. The first-order valence-electron chi connectivity index (χ1n) is 5.46. The number of rotatable bonds is 4. The summed E-state index contributed by atoms with van der Waals surface area (Å²) in [5, 5.41) is 0.682. The number of hydrogen-bond acceptors (Lipinski definition) is 3. The van der Waals surface area contributed by atoms with Crippen molar-refractivity contribution in [3.8, 4) is 0 Å². The van der Waals surface area contributed by atoms with Gasteiger partial charge < -0.3 is 10.2 Å². The Kier molecular flexibility index (Phi) is 3.46. The van der Waals surface area contributed by atoms with Gasteiger partial charge in [0, 0.05) is 10.9 Å². The number of halogens is 1. The van der Waals surface area contributed by atoms with E-state index in [1.807, 2.05) is 18.2 Å². The molecule has 1 heterocycles. The van der Waals surface area contributed by atoms with Crippen LogP contribution in [-0.4, -0.2) is 11.5 Å². The molecule has 0 fully saturated rings. The average molecular weight is 239 g/mol. The van der Waals surface area contributed by atoms with Crippen molar-refractivity contribution in [2.45, 2.75) is 25.7 Å². The van der Waals surface area contributed by atoms with Crippen LogP contribution in [0.3, 0.4) is 0 Å².